The Kier molecular flexibility index (Phi) is 8.79. The number of amides is 2. The molecule has 0 aliphatic carbocycles. The van der Waals surface area contributed by atoms with E-state index in [0.717, 1.165) is 18.4 Å². The summed E-state index contributed by atoms with van der Waals surface area (Å²) in [4.78, 5) is 50.6. The Bertz CT molecular complexity index is 1010. The van der Waals surface area contributed by atoms with Crippen molar-refractivity contribution in [1.29, 1.82) is 0 Å². The first-order valence-electron chi connectivity index (χ1n) is 11.5. The number of esters is 2. The number of hydrogen-bond donors (Lipinski definition) is 1. The highest BCUT2D eigenvalue weighted by Crippen LogP contribution is 2.26. The second-order valence-electron chi connectivity index (χ2n) is 8.25. The van der Waals surface area contributed by atoms with Crippen LogP contribution in [0.15, 0.2) is 54.6 Å². The van der Waals surface area contributed by atoms with Crippen molar-refractivity contribution in [2.75, 3.05) is 24.7 Å². The summed E-state index contributed by atoms with van der Waals surface area (Å²) in [7, 11) is 0. The summed E-state index contributed by atoms with van der Waals surface area (Å²) in [5, 5.41) is 2.78. The smallest absolute Gasteiger partial charge is 0.338 e. The Labute approximate surface area is 199 Å². The molecular weight excluding hydrogens is 436 g/mol. The number of hydrogen-bond acceptors (Lipinski definition) is 6. The van der Waals surface area contributed by atoms with Crippen LogP contribution in [0.25, 0.3) is 0 Å². The average molecular weight is 467 g/mol. The minimum Gasteiger partial charge on any atom is -0.462 e. The fourth-order valence-corrected chi connectivity index (χ4v) is 3.65. The highest BCUT2D eigenvalue weighted by Gasteiger charge is 2.36. The van der Waals surface area contributed by atoms with Crippen LogP contribution in [0.5, 0.6) is 0 Å². The van der Waals surface area contributed by atoms with Gasteiger partial charge >= 0.3 is 11.9 Å². The number of nitrogens with zero attached hydrogens (tertiary/aromatic N) is 1. The van der Waals surface area contributed by atoms with E-state index in [2.05, 4.69) is 5.32 Å². The van der Waals surface area contributed by atoms with E-state index in [0.29, 0.717) is 17.9 Å². The summed E-state index contributed by atoms with van der Waals surface area (Å²) >= 11 is 0. The van der Waals surface area contributed by atoms with Crippen LogP contribution in [0.1, 0.15) is 55.1 Å². The van der Waals surface area contributed by atoms with Gasteiger partial charge in [-0.2, -0.15) is 0 Å². The second-order valence-corrected chi connectivity index (χ2v) is 8.25. The van der Waals surface area contributed by atoms with Gasteiger partial charge in [0.15, 0.2) is 6.61 Å². The molecule has 1 saturated heterocycles. The highest BCUT2D eigenvalue weighted by molar-refractivity contribution is 6.00. The molecule has 2 amide bonds. The van der Waals surface area contributed by atoms with Crippen molar-refractivity contribution in [1.82, 2.24) is 5.32 Å². The molecule has 8 nitrogen and oxygen atoms in total. The quantitative estimate of drug-likeness (QED) is 0.425. The van der Waals surface area contributed by atoms with Crippen LogP contribution >= 0.6 is 0 Å². The van der Waals surface area contributed by atoms with Gasteiger partial charge in [-0.25, -0.2) is 4.79 Å². The minimum absolute atomic E-state index is 0.00167. The van der Waals surface area contributed by atoms with E-state index in [1.807, 2.05) is 44.2 Å². The minimum atomic E-state index is -0.662. The maximum absolute atomic E-state index is 12.5. The molecule has 0 unspecified atom stereocenters. The maximum Gasteiger partial charge on any atom is 0.338 e. The Morgan fingerprint density at radius 3 is 2.44 bits per heavy atom. The maximum atomic E-state index is 12.5. The average Bonchev–Trinajstić information content (AvgIpc) is 3.25. The summed E-state index contributed by atoms with van der Waals surface area (Å²) in [6.45, 7) is 3.98. The number of benzene rings is 2. The molecule has 2 aromatic rings. The molecule has 0 radical (unpaired) electrons. The molecule has 0 saturated carbocycles. The van der Waals surface area contributed by atoms with Gasteiger partial charge in [-0.1, -0.05) is 43.7 Å². The molecule has 8 heteroatoms. The summed E-state index contributed by atoms with van der Waals surface area (Å²) in [6.07, 6.45) is 1.74. The number of unbranched alkanes of at least 4 members (excludes halogenated alkanes) is 1. The van der Waals surface area contributed by atoms with Crippen LogP contribution in [-0.2, 0) is 23.9 Å². The molecule has 2 atom stereocenters. The normalized spacial score (nSPS) is 16.1. The first-order valence-corrected chi connectivity index (χ1v) is 11.5. The van der Waals surface area contributed by atoms with Crippen LogP contribution < -0.4 is 10.2 Å². The van der Waals surface area contributed by atoms with Gasteiger partial charge in [-0.15, -0.1) is 0 Å². The van der Waals surface area contributed by atoms with E-state index in [1.54, 1.807) is 24.3 Å². The number of carbonyl (C=O) groups excluding carboxylic acids is 4. The molecule has 0 bridgehead atoms. The van der Waals surface area contributed by atoms with E-state index in [4.69, 9.17) is 9.47 Å². The predicted molar refractivity (Wildman–Crippen MR) is 126 cm³/mol. The molecule has 2 aromatic carbocycles. The number of rotatable bonds is 10. The van der Waals surface area contributed by atoms with E-state index in [9.17, 15) is 19.2 Å². The first kappa shape index (κ1) is 25.0. The van der Waals surface area contributed by atoms with Crippen molar-refractivity contribution in [2.45, 2.75) is 39.2 Å². The van der Waals surface area contributed by atoms with Crippen LogP contribution in [0.3, 0.4) is 0 Å². The van der Waals surface area contributed by atoms with Crippen molar-refractivity contribution in [3.63, 3.8) is 0 Å². The van der Waals surface area contributed by atoms with Crippen molar-refractivity contribution in [2.24, 2.45) is 5.92 Å². The van der Waals surface area contributed by atoms with E-state index in [-0.39, 0.29) is 24.9 Å². The topological polar surface area (TPSA) is 102 Å². The van der Waals surface area contributed by atoms with Crippen LogP contribution in [-0.4, -0.2) is 43.5 Å². The number of nitrogens with one attached hydrogen (secondary N) is 1. The molecule has 3 rings (SSSR count). The van der Waals surface area contributed by atoms with Gasteiger partial charge in [0, 0.05) is 18.7 Å². The second kappa shape index (κ2) is 12.0. The van der Waals surface area contributed by atoms with E-state index < -0.39 is 30.4 Å². The van der Waals surface area contributed by atoms with Crippen molar-refractivity contribution in [3.8, 4) is 0 Å². The third-order valence-electron chi connectivity index (χ3n) is 5.63. The fraction of sp³-hybridized carbons (Fsp3) is 0.385. The summed E-state index contributed by atoms with van der Waals surface area (Å²) in [5.41, 5.74) is 1.93. The zero-order valence-corrected chi connectivity index (χ0v) is 19.5. The molecule has 0 spiro atoms. The Hall–Kier alpha value is -3.68. The van der Waals surface area contributed by atoms with Gasteiger partial charge in [0.25, 0.3) is 5.91 Å². The number of carbonyl (C=O) groups is 4. The number of ether oxygens (including phenoxy) is 2. The summed E-state index contributed by atoms with van der Waals surface area (Å²) < 4.78 is 10.3. The van der Waals surface area contributed by atoms with Crippen LogP contribution in [0, 0.1) is 5.92 Å². The highest BCUT2D eigenvalue weighted by atomic mass is 16.5. The predicted octanol–water partition coefficient (Wildman–Crippen LogP) is 3.42. The molecule has 1 heterocycles. The summed E-state index contributed by atoms with van der Waals surface area (Å²) in [5.74, 6) is -2.29. The molecule has 1 aliphatic heterocycles. The molecule has 1 aliphatic rings. The van der Waals surface area contributed by atoms with Gasteiger partial charge in [0.05, 0.1) is 24.1 Å². The van der Waals surface area contributed by atoms with Crippen molar-refractivity contribution >= 4 is 29.4 Å². The van der Waals surface area contributed by atoms with Crippen molar-refractivity contribution < 1.29 is 28.7 Å². The lowest BCUT2D eigenvalue weighted by molar-refractivity contribution is -0.152. The van der Waals surface area contributed by atoms with Crippen LogP contribution in [0.4, 0.5) is 5.69 Å². The SMILES string of the molecule is CCCCOC(=O)c1ccc(N2C[C@@H](C(=O)OCC(=O)N[C@H](C)c3ccccc3)CC2=O)cc1. The van der Waals surface area contributed by atoms with E-state index >= 15 is 0 Å². The third kappa shape index (κ3) is 6.66. The molecule has 1 N–H and O–H groups in total. The van der Waals surface area contributed by atoms with Gasteiger partial charge < -0.3 is 19.7 Å². The zero-order chi connectivity index (χ0) is 24.5. The molecule has 0 aromatic heterocycles. The first-order chi connectivity index (χ1) is 16.4. The lowest BCUT2D eigenvalue weighted by Gasteiger charge is -2.17. The van der Waals surface area contributed by atoms with Crippen molar-refractivity contribution in [3.05, 3.63) is 65.7 Å². The fourth-order valence-electron chi connectivity index (χ4n) is 3.65. The van der Waals surface area contributed by atoms with Gasteiger partial charge in [-0.3, -0.25) is 14.4 Å². The Balaban J connectivity index is 1.48. The summed E-state index contributed by atoms with van der Waals surface area (Å²) in [6, 6.07) is 15.7. The standard InChI is InChI=1S/C26H30N2O6/c1-3-4-14-33-25(31)20-10-12-22(13-11-20)28-16-21(15-24(28)30)26(32)34-17-23(29)27-18(2)19-8-6-5-7-9-19/h5-13,18,21H,3-4,14-17H2,1-2H3,(H,27,29)/t18-,21+/m1/s1. The van der Waals surface area contributed by atoms with Crippen LogP contribution in [0.2, 0.25) is 0 Å². The van der Waals surface area contributed by atoms with Gasteiger partial charge in [0.1, 0.15) is 0 Å². The lowest BCUT2D eigenvalue weighted by Crippen LogP contribution is -2.32. The monoisotopic (exact) mass is 466 g/mol. The third-order valence-corrected chi connectivity index (χ3v) is 5.63. The Morgan fingerprint density at radius 2 is 1.76 bits per heavy atom. The van der Waals surface area contributed by atoms with Gasteiger partial charge in [-0.05, 0) is 43.2 Å². The lowest BCUT2D eigenvalue weighted by atomic mass is 10.1. The molecule has 34 heavy (non-hydrogen) atoms. The molecule has 1 fully saturated rings. The van der Waals surface area contributed by atoms with E-state index in [1.165, 1.54) is 4.90 Å². The zero-order valence-electron chi connectivity index (χ0n) is 19.5. The molecule has 180 valence electrons. The largest absolute Gasteiger partial charge is 0.462 e. The molecular formula is C26H30N2O6. The number of anilines is 1. The van der Waals surface area contributed by atoms with Gasteiger partial charge in [0.2, 0.25) is 5.91 Å². The Morgan fingerprint density at radius 1 is 1.06 bits per heavy atom.